The fourth-order valence-corrected chi connectivity index (χ4v) is 4.40. The summed E-state index contributed by atoms with van der Waals surface area (Å²) in [6.07, 6.45) is 8.08. The third kappa shape index (κ3) is 13.8. The monoisotopic (exact) mass is 800 g/mol. The second kappa shape index (κ2) is 13.3. The zero-order chi connectivity index (χ0) is 24.6. The van der Waals surface area contributed by atoms with Gasteiger partial charge in [0.2, 0.25) is 1.68 Å². The molecule has 0 spiro atoms. The van der Waals surface area contributed by atoms with Crippen LogP contribution in [0.5, 0.6) is 0 Å². The molecule has 4 N–H and O–H groups in total. The van der Waals surface area contributed by atoms with Gasteiger partial charge in [-0.3, -0.25) is 4.99 Å². The first-order chi connectivity index (χ1) is 14.6. The number of nitrogens with one attached hydrogen (secondary N) is 2. The summed E-state index contributed by atoms with van der Waals surface area (Å²) in [4.78, 5) is 13.8. The molecule has 1 heterocycles. The van der Waals surface area contributed by atoms with Gasteiger partial charge in [0, 0.05) is 14.8 Å². The van der Waals surface area contributed by atoms with Crippen LogP contribution >= 0.6 is 76.4 Å². The third-order valence-electron chi connectivity index (χ3n) is 3.63. The Morgan fingerprint density at radius 3 is 2.34 bits per heavy atom. The van der Waals surface area contributed by atoms with Crippen LogP contribution in [0.4, 0.5) is 16.0 Å². The molecule has 0 fully saturated rings. The number of hydrogen-bond donors (Lipinski definition) is 3. The van der Waals surface area contributed by atoms with Crippen LogP contribution in [-0.2, 0) is 0 Å². The Bertz CT molecular complexity index is 826. The van der Waals surface area contributed by atoms with Gasteiger partial charge in [-0.2, -0.15) is 0 Å². The Balaban J connectivity index is 3.39. The van der Waals surface area contributed by atoms with Gasteiger partial charge in [-0.05, 0) is 111 Å². The van der Waals surface area contributed by atoms with Crippen LogP contribution in [0.2, 0.25) is 0 Å². The van der Waals surface area contributed by atoms with Crippen molar-refractivity contribution in [2.45, 2.75) is 58.0 Å². The molecule has 0 amide bonds. The Morgan fingerprint density at radius 2 is 1.84 bits per heavy atom. The molecule has 6 nitrogen and oxygen atoms in total. The highest BCUT2D eigenvalue weighted by molar-refractivity contribution is 14.2. The van der Waals surface area contributed by atoms with E-state index in [-0.39, 0.29) is 21.3 Å². The number of allylic oxidation sites excluding steroid dienone is 2. The number of nitrogens with zero attached hydrogens (tertiary/aromatic N) is 3. The molecule has 0 aliphatic rings. The summed E-state index contributed by atoms with van der Waals surface area (Å²) < 4.78 is 12.8. The van der Waals surface area contributed by atoms with Crippen LogP contribution in [0.15, 0.2) is 35.5 Å². The molecule has 0 bridgehead atoms. The number of hydrogen-bond acceptors (Lipinski definition) is 6. The first-order valence-corrected chi connectivity index (χ1v) is 14.6. The molecule has 2 atom stereocenters. The summed E-state index contributed by atoms with van der Waals surface area (Å²) in [7, 11) is 0.738. The average molecular weight is 800 g/mol. The Labute approximate surface area is 234 Å². The largest absolute Gasteiger partial charge is 0.405 e. The fraction of sp³-hybridized carbons (Fsp3) is 0.571. The lowest BCUT2D eigenvalue weighted by atomic mass is 10.1. The quantitative estimate of drug-likeness (QED) is 0.101. The molecule has 0 aliphatic carbocycles. The van der Waals surface area contributed by atoms with Gasteiger partial charge in [0.15, 0.2) is 5.82 Å². The number of rotatable bonds is 11. The minimum Gasteiger partial charge on any atom is -0.405 e. The van der Waals surface area contributed by atoms with Crippen LogP contribution in [0.25, 0.3) is 0 Å². The van der Waals surface area contributed by atoms with Crippen molar-refractivity contribution in [1.82, 2.24) is 9.97 Å². The van der Waals surface area contributed by atoms with E-state index in [9.17, 15) is 4.39 Å². The Hall–Kier alpha value is 0.180. The van der Waals surface area contributed by atoms with Gasteiger partial charge >= 0.3 is 0 Å². The molecule has 1 aromatic heterocycles. The van der Waals surface area contributed by atoms with Gasteiger partial charge < -0.3 is 16.4 Å². The van der Waals surface area contributed by atoms with Crippen molar-refractivity contribution in [2.75, 3.05) is 23.3 Å². The Morgan fingerprint density at radius 1 is 1.22 bits per heavy atom. The standard InChI is InChI=1S/C21H33FI3N6P/c1-7-8-15(27-13-21(22,24)25)18-29-16(11-17(30-18)31-19(2,3)4)28-14(9-10-26)12-32-20(5,6)23/h7-11,14,32H,12-13,26H2,1-6H3,(H2,28,29,30,31)/b8-7-,10-9-,27-15?. The zero-order valence-corrected chi connectivity index (χ0v) is 26.8. The van der Waals surface area contributed by atoms with Crippen molar-refractivity contribution in [3.8, 4) is 0 Å². The molecule has 0 saturated heterocycles. The lowest BCUT2D eigenvalue weighted by Gasteiger charge is -2.24. The number of alkyl halides is 4. The molecule has 180 valence electrons. The minimum atomic E-state index is -1.48. The molecule has 0 radical (unpaired) electrons. The van der Waals surface area contributed by atoms with Crippen LogP contribution in [-0.4, -0.2) is 44.8 Å². The van der Waals surface area contributed by atoms with E-state index >= 15 is 0 Å². The molecule has 0 aliphatic heterocycles. The second-order valence-electron chi connectivity index (χ2n) is 8.64. The van der Waals surface area contributed by atoms with E-state index in [1.165, 1.54) is 0 Å². The summed E-state index contributed by atoms with van der Waals surface area (Å²) in [5, 5.41) is 6.88. The first kappa shape index (κ1) is 30.2. The first-order valence-electron chi connectivity index (χ1n) is 10.1. The van der Waals surface area contributed by atoms with Crippen molar-refractivity contribution >= 4 is 93.7 Å². The summed E-state index contributed by atoms with van der Waals surface area (Å²) in [5.74, 6) is 1.77. The summed E-state index contributed by atoms with van der Waals surface area (Å²) in [6.45, 7) is 12.5. The number of halogens is 4. The van der Waals surface area contributed by atoms with E-state index in [2.05, 4.69) is 77.8 Å². The van der Waals surface area contributed by atoms with Crippen LogP contribution in [0.1, 0.15) is 47.4 Å². The third-order valence-corrected chi connectivity index (χ3v) is 6.94. The summed E-state index contributed by atoms with van der Waals surface area (Å²) in [6, 6.07) is 1.91. The lowest BCUT2D eigenvalue weighted by Crippen LogP contribution is -2.28. The maximum atomic E-state index is 14.1. The highest BCUT2D eigenvalue weighted by atomic mass is 127. The maximum absolute atomic E-state index is 14.1. The minimum absolute atomic E-state index is 0.00123. The van der Waals surface area contributed by atoms with Crippen molar-refractivity contribution < 1.29 is 4.39 Å². The normalized spacial score (nSPS) is 15.2. The maximum Gasteiger partial charge on any atom is 0.229 e. The van der Waals surface area contributed by atoms with Gasteiger partial charge in [0.25, 0.3) is 0 Å². The van der Waals surface area contributed by atoms with Crippen LogP contribution in [0.3, 0.4) is 0 Å². The Kier molecular flexibility index (Phi) is 12.6. The number of anilines is 2. The SMILES string of the molecule is C/C=C\C(=NCC(F)(I)I)c1nc(NC(/C=C\N)CPC(C)(C)I)cc(NC(C)(C)C)n1. The predicted molar refractivity (Wildman–Crippen MR) is 166 cm³/mol. The highest BCUT2D eigenvalue weighted by Gasteiger charge is 2.21. The van der Waals surface area contributed by atoms with Crippen molar-refractivity contribution in [2.24, 2.45) is 10.7 Å². The van der Waals surface area contributed by atoms with Crippen molar-refractivity contribution in [1.29, 1.82) is 0 Å². The molecular formula is C21H33FI3N6P. The van der Waals surface area contributed by atoms with Crippen LogP contribution < -0.4 is 16.4 Å². The van der Waals surface area contributed by atoms with E-state index in [0.717, 1.165) is 14.7 Å². The second-order valence-corrected chi connectivity index (χ2v) is 19.9. The molecule has 2 unspecified atom stereocenters. The topological polar surface area (TPSA) is 88.2 Å². The van der Waals surface area contributed by atoms with Crippen molar-refractivity contribution in [3.63, 3.8) is 0 Å². The van der Waals surface area contributed by atoms with Crippen molar-refractivity contribution in [3.05, 3.63) is 36.3 Å². The van der Waals surface area contributed by atoms with E-state index in [1.54, 1.807) is 57.5 Å². The average Bonchev–Trinajstić information content (AvgIpc) is 2.60. The summed E-state index contributed by atoms with van der Waals surface area (Å²) in [5.41, 5.74) is 6.04. The van der Waals surface area contributed by atoms with Gasteiger partial charge in [-0.15, -0.1) is 8.58 Å². The van der Waals surface area contributed by atoms with E-state index in [1.807, 2.05) is 25.1 Å². The van der Waals surface area contributed by atoms with Gasteiger partial charge in [-0.25, -0.2) is 14.4 Å². The van der Waals surface area contributed by atoms with Crippen LogP contribution in [0, 0.1) is 0 Å². The molecule has 11 heteroatoms. The van der Waals surface area contributed by atoms with E-state index in [0.29, 0.717) is 23.2 Å². The fourth-order valence-electron chi connectivity index (χ4n) is 2.46. The predicted octanol–water partition coefficient (Wildman–Crippen LogP) is 6.65. The van der Waals surface area contributed by atoms with E-state index in [4.69, 9.17) is 10.7 Å². The summed E-state index contributed by atoms with van der Waals surface area (Å²) >= 11 is 5.93. The number of aliphatic imine (C=N–C) groups is 1. The molecule has 0 aromatic carbocycles. The molecule has 1 aromatic rings. The molecule has 0 saturated carbocycles. The van der Waals surface area contributed by atoms with E-state index < -0.39 is 1.68 Å². The lowest BCUT2D eigenvalue weighted by molar-refractivity contribution is 0.463. The van der Waals surface area contributed by atoms with Gasteiger partial charge in [0.05, 0.1) is 12.6 Å². The molecular weight excluding hydrogens is 767 g/mol. The smallest absolute Gasteiger partial charge is 0.229 e. The zero-order valence-electron chi connectivity index (χ0n) is 19.3. The number of nitrogens with two attached hydrogens (primary N) is 1. The number of aromatic nitrogens is 2. The van der Waals surface area contributed by atoms with Gasteiger partial charge in [0.1, 0.15) is 17.3 Å². The molecule has 32 heavy (non-hydrogen) atoms. The molecule has 1 rings (SSSR count). The highest BCUT2D eigenvalue weighted by Crippen LogP contribution is 2.38. The van der Waals surface area contributed by atoms with Gasteiger partial charge in [-0.1, -0.05) is 28.7 Å².